The van der Waals surface area contributed by atoms with Crippen molar-refractivity contribution in [2.24, 2.45) is 0 Å². The Labute approximate surface area is 168 Å². The van der Waals surface area contributed by atoms with Crippen LogP contribution < -0.4 is 0 Å². The van der Waals surface area contributed by atoms with Gasteiger partial charge in [-0.25, -0.2) is 13.8 Å². The molecule has 2 unspecified atom stereocenters. The summed E-state index contributed by atoms with van der Waals surface area (Å²) < 4.78 is 44.9. The number of benzene rings is 1. The smallest absolute Gasteiger partial charge is 0.221 e. The van der Waals surface area contributed by atoms with Gasteiger partial charge in [0.25, 0.3) is 0 Å². The van der Waals surface area contributed by atoms with Crippen molar-refractivity contribution in [1.29, 1.82) is 0 Å². The first-order chi connectivity index (χ1) is 13.7. The molecular formula is C23H26F3N3. The Bertz CT molecular complexity index is 1030. The largest absolute Gasteiger partial charge is 0.357 e. The van der Waals surface area contributed by atoms with E-state index >= 15 is 8.78 Å². The average Bonchev–Trinajstić information content (AvgIpc) is 3.00. The monoisotopic (exact) mass is 401 g/mol. The molecular weight excluding hydrogens is 375 g/mol. The molecule has 0 aliphatic carbocycles. The van der Waals surface area contributed by atoms with Crippen LogP contribution >= 0.6 is 0 Å². The fraction of sp³-hybridized carbons (Fsp3) is 0.435. The Balaban J connectivity index is 1.96. The van der Waals surface area contributed by atoms with Gasteiger partial charge in [-0.3, -0.25) is 4.90 Å². The Morgan fingerprint density at radius 3 is 2.62 bits per heavy atom. The summed E-state index contributed by atoms with van der Waals surface area (Å²) >= 11 is 0. The van der Waals surface area contributed by atoms with Gasteiger partial charge in [0.2, 0.25) is 5.95 Å². The third-order valence-electron chi connectivity index (χ3n) is 5.73. The first kappa shape index (κ1) is 20.0. The van der Waals surface area contributed by atoms with E-state index in [1.165, 1.54) is 19.9 Å². The molecule has 0 bridgehead atoms. The van der Waals surface area contributed by atoms with Gasteiger partial charge in [-0.15, -0.1) is 0 Å². The highest BCUT2D eigenvalue weighted by Crippen LogP contribution is 2.42. The summed E-state index contributed by atoms with van der Waals surface area (Å²) in [5.41, 5.74) is 1.39. The fourth-order valence-electron chi connectivity index (χ4n) is 4.46. The van der Waals surface area contributed by atoms with Crippen molar-refractivity contribution in [3.8, 4) is 0 Å². The molecule has 3 heterocycles. The van der Waals surface area contributed by atoms with Gasteiger partial charge < -0.3 is 4.98 Å². The van der Waals surface area contributed by atoms with Gasteiger partial charge >= 0.3 is 0 Å². The van der Waals surface area contributed by atoms with Crippen LogP contribution in [0.2, 0.25) is 0 Å². The zero-order chi connectivity index (χ0) is 20.9. The number of halogens is 3. The minimum Gasteiger partial charge on any atom is -0.357 e. The van der Waals surface area contributed by atoms with Crippen LogP contribution in [0.25, 0.3) is 10.9 Å². The summed E-state index contributed by atoms with van der Waals surface area (Å²) in [6, 6.07) is 8.26. The SMILES string of the molecule is CCc1cc(F)c(C2c3[nH]c4ccccc4c3CC(C)N2CC(C)(C)F)c(F)n1. The molecule has 1 aliphatic rings. The molecule has 4 rings (SSSR count). The molecule has 0 amide bonds. The van der Waals surface area contributed by atoms with Crippen LogP contribution in [0.5, 0.6) is 0 Å². The molecule has 154 valence electrons. The zero-order valence-electron chi connectivity index (χ0n) is 17.2. The highest BCUT2D eigenvalue weighted by Gasteiger charge is 2.41. The number of para-hydroxylation sites is 1. The number of alkyl halides is 1. The summed E-state index contributed by atoms with van der Waals surface area (Å²) in [5, 5.41) is 1.04. The van der Waals surface area contributed by atoms with Gasteiger partial charge in [0.1, 0.15) is 11.5 Å². The fourth-order valence-corrected chi connectivity index (χ4v) is 4.46. The topological polar surface area (TPSA) is 31.9 Å². The van der Waals surface area contributed by atoms with E-state index in [0.717, 1.165) is 22.2 Å². The van der Waals surface area contributed by atoms with Crippen molar-refractivity contribution in [1.82, 2.24) is 14.9 Å². The number of H-pyrrole nitrogens is 1. The number of hydrogen-bond donors (Lipinski definition) is 1. The van der Waals surface area contributed by atoms with E-state index in [4.69, 9.17) is 0 Å². The van der Waals surface area contributed by atoms with Crippen LogP contribution in [-0.2, 0) is 12.8 Å². The Hall–Kier alpha value is -2.34. The third kappa shape index (κ3) is 3.54. The summed E-state index contributed by atoms with van der Waals surface area (Å²) in [6.45, 7) is 6.82. The van der Waals surface area contributed by atoms with Crippen molar-refractivity contribution in [3.63, 3.8) is 0 Å². The van der Waals surface area contributed by atoms with E-state index in [-0.39, 0.29) is 18.2 Å². The number of rotatable bonds is 4. The van der Waals surface area contributed by atoms with Crippen molar-refractivity contribution in [2.45, 2.75) is 58.3 Å². The molecule has 1 N–H and O–H groups in total. The molecule has 29 heavy (non-hydrogen) atoms. The summed E-state index contributed by atoms with van der Waals surface area (Å²) in [4.78, 5) is 9.18. The highest BCUT2D eigenvalue weighted by atomic mass is 19.1. The molecule has 0 saturated carbocycles. The van der Waals surface area contributed by atoms with E-state index in [1.807, 2.05) is 36.1 Å². The molecule has 0 saturated heterocycles. The second-order valence-corrected chi connectivity index (χ2v) is 8.56. The number of nitrogens with zero attached hydrogens (tertiary/aromatic N) is 2. The lowest BCUT2D eigenvalue weighted by Crippen LogP contribution is -2.48. The molecule has 0 spiro atoms. The molecule has 2 aromatic heterocycles. The third-order valence-corrected chi connectivity index (χ3v) is 5.73. The van der Waals surface area contributed by atoms with E-state index in [0.29, 0.717) is 18.5 Å². The number of pyridine rings is 1. The molecule has 1 aromatic carbocycles. The Morgan fingerprint density at radius 1 is 1.24 bits per heavy atom. The van der Waals surface area contributed by atoms with Gasteiger partial charge in [-0.05, 0) is 51.3 Å². The Morgan fingerprint density at radius 2 is 1.97 bits per heavy atom. The summed E-state index contributed by atoms with van der Waals surface area (Å²) in [6.07, 6.45) is 1.11. The molecule has 3 aromatic rings. The minimum absolute atomic E-state index is 0.0576. The van der Waals surface area contributed by atoms with Crippen LogP contribution in [-0.4, -0.2) is 33.1 Å². The van der Waals surface area contributed by atoms with Gasteiger partial charge in [-0.2, -0.15) is 4.39 Å². The zero-order valence-corrected chi connectivity index (χ0v) is 17.2. The van der Waals surface area contributed by atoms with E-state index in [1.54, 1.807) is 6.92 Å². The van der Waals surface area contributed by atoms with E-state index in [2.05, 4.69) is 9.97 Å². The highest BCUT2D eigenvalue weighted by molar-refractivity contribution is 5.85. The Kier molecular flexibility index (Phi) is 4.93. The van der Waals surface area contributed by atoms with Crippen LogP contribution in [0.4, 0.5) is 13.2 Å². The van der Waals surface area contributed by atoms with Crippen molar-refractivity contribution in [2.75, 3.05) is 6.54 Å². The van der Waals surface area contributed by atoms with Crippen LogP contribution in [0, 0.1) is 11.8 Å². The second-order valence-electron chi connectivity index (χ2n) is 8.56. The first-order valence-corrected chi connectivity index (χ1v) is 10.1. The lowest BCUT2D eigenvalue weighted by Gasteiger charge is -2.42. The van der Waals surface area contributed by atoms with Gasteiger partial charge in [0.15, 0.2) is 0 Å². The molecule has 0 radical (unpaired) electrons. The first-order valence-electron chi connectivity index (χ1n) is 10.1. The standard InChI is InChI=1S/C23H26F3N3/c1-5-14-11-17(24)19(22(25)27-14)21-20-16(15-8-6-7-9-18(15)28-20)10-13(2)29(21)12-23(3,4)26/h6-9,11,13,21,28H,5,10,12H2,1-4H3. The number of hydrogen-bond acceptors (Lipinski definition) is 2. The van der Waals surface area contributed by atoms with Gasteiger partial charge in [-0.1, -0.05) is 25.1 Å². The predicted octanol–water partition coefficient (Wildman–Crippen LogP) is 5.49. The number of fused-ring (bicyclic) bond motifs is 3. The number of aromatic nitrogens is 2. The summed E-state index contributed by atoms with van der Waals surface area (Å²) in [7, 11) is 0. The molecule has 1 aliphatic heterocycles. The van der Waals surface area contributed by atoms with Crippen molar-refractivity contribution in [3.05, 3.63) is 64.6 Å². The maximum atomic E-state index is 15.2. The minimum atomic E-state index is -1.51. The predicted molar refractivity (Wildman–Crippen MR) is 109 cm³/mol. The average molecular weight is 401 g/mol. The maximum Gasteiger partial charge on any atom is 0.221 e. The normalized spacial score (nSPS) is 20.2. The summed E-state index contributed by atoms with van der Waals surface area (Å²) in [5.74, 6) is -1.47. The van der Waals surface area contributed by atoms with Crippen LogP contribution in [0.3, 0.4) is 0 Å². The van der Waals surface area contributed by atoms with Gasteiger partial charge in [0.05, 0.1) is 11.6 Å². The van der Waals surface area contributed by atoms with E-state index < -0.39 is 23.5 Å². The quantitative estimate of drug-likeness (QED) is 0.587. The molecule has 6 heteroatoms. The lowest BCUT2D eigenvalue weighted by atomic mass is 9.87. The van der Waals surface area contributed by atoms with Gasteiger partial charge in [0, 0.05) is 34.9 Å². The maximum absolute atomic E-state index is 15.2. The van der Waals surface area contributed by atoms with Crippen molar-refractivity contribution >= 4 is 10.9 Å². The second kappa shape index (κ2) is 7.17. The number of nitrogens with one attached hydrogen (secondary N) is 1. The van der Waals surface area contributed by atoms with Crippen molar-refractivity contribution < 1.29 is 13.2 Å². The van der Waals surface area contributed by atoms with Crippen LogP contribution in [0.1, 0.15) is 56.3 Å². The molecule has 0 fully saturated rings. The lowest BCUT2D eigenvalue weighted by molar-refractivity contribution is 0.0639. The molecule has 3 nitrogen and oxygen atoms in total. The van der Waals surface area contributed by atoms with Crippen LogP contribution in [0.15, 0.2) is 30.3 Å². The number of aryl methyl sites for hydroxylation is 1. The molecule has 2 atom stereocenters. The number of aromatic amines is 1. The van der Waals surface area contributed by atoms with E-state index in [9.17, 15) is 4.39 Å².